The number of hydrogen-bond donors (Lipinski definition) is 2. The van der Waals surface area contributed by atoms with Crippen LogP contribution in [-0.4, -0.2) is 16.1 Å². The molecular formula is C9H9ClF2N2O2. The molecule has 0 unspecified atom stereocenters. The summed E-state index contributed by atoms with van der Waals surface area (Å²) in [5, 5.41) is 8.58. The lowest BCUT2D eigenvalue weighted by Gasteiger charge is -2.12. The summed E-state index contributed by atoms with van der Waals surface area (Å²) in [4.78, 5) is 14.1. The van der Waals surface area contributed by atoms with E-state index in [4.69, 9.17) is 22.4 Å². The van der Waals surface area contributed by atoms with Gasteiger partial charge in [-0.05, 0) is 5.56 Å². The molecule has 0 amide bonds. The summed E-state index contributed by atoms with van der Waals surface area (Å²) in [6.45, 7) is -0.187. The summed E-state index contributed by atoms with van der Waals surface area (Å²) in [5.41, 5.74) is 4.66. The molecule has 1 heterocycles. The largest absolute Gasteiger partial charge is 0.481 e. The Morgan fingerprint density at radius 2 is 2.25 bits per heavy atom. The van der Waals surface area contributed by atoms with Gasteiger partial charge in [-0.25, -0.2) is 8.78 Å². The smallest absolute Gasteiger partial charge is 0.309 e. The van der Waals surface area contributed by atoms with Crippen molar-refractivity contribution in [1.29, 1.82) is 0 Å². The highest BCUT2D eigenvalue weighted by Crippen LogP contribution is 2.30. The lowest BCUT2D eigenvalue weighted by molar-refractivity contribution is -0.136. The molecule has 7 heteroatoms. The van der Waals surface area contributed by atoms with Crippen LogP contribution in [0, 0.1) is 0 Å². The van der Waals surface area contributed by atoms with Gasteiger partial charge >= 0.3 is 5.97 Å². The Balaban J connectivity index is 3.32. The zero-order chi connectivity index (χ0) is 12.3. The molecule has 0 bridgehead atoms. The van der Waals surface area contributed by atoms with E-state index >= 15 is 0 Å². The van der Waals surface area contributed by atoms with Gasteiger partial charge in [-0.3, -0.25) is 9.78 Å². The first-order chi connectivity index (χ1) is 7.47. The van der Waals surface area contributed by atoms with E-state index in [9.17, 15) is 13.6 Å². The van der Waals surface area contributed by atoms with Gasteiger partial charge in [-0.1, -0.05) is 11.6 Å². The Bertz CT molecular complexity index is 413. The third-order valence-electron chi connectivity index (χ3n) is 2.00. The zero-order valence-electron chi connectivity index (χ0n) is 8.08. The number of carbonyl (C=O) groups is 1. The first-order valence-corrected chi connectivity index (χ1v) is 4.71. The molecule has 4 nitrogen and oxygen atoms in total. The molecule has 0 aliphatic carbocycles. The molecule has 1 aromatic rings. The molecule has 0 saturated carbocycles. The maximum atomic E-state index is 12.8. The number of halogens is 3. The molecule has 0 aliphatic rings. The van der Waals surface area contributed by atoms with Crippen LogP contribution < -0.4 is 5.73 Å². The maximum Gasteiger partial charge on any atom is 0.309 e. The first kappa shape index (κ1) is 12.8. The van der Waals surface area contributed by atoms with Crippen LogP contribution in [0.3, 0.4) is 0 Å². The number of carboxylic acid groups (broad SMARTS) is 1. The fraction of sp³-hybridized carbons (Fsp3) is 0.333. The summed E-state index contributed by atoms with van der Waals surface area (Å²) in [6.07, 6.45) is -2.29. The summed E-state index contributed by atoms with van der Waals surface area (Å²) in [7, 11) is 0. The lowest BCUT2D eigenvalue weighted by Crippen LogP contribution is -2.12. The van der Waals surface area contributed by atoms with Crippen LogP contribution >= 0.6 is 11.6 Å². The molecule has 0 aliphatic heterocycles. The van der Waals surface area contributed by atoms with E-state index in [2.05, 4.69) is 4.98 Å². The Morgan fingerprint density at radius 3 is 2.69 bits per heavy atom. The van der Waals surface area contributed by atoms with E-state index in [-0.39, 0.29) is 22.8 Å². The van der Waals surface area contributed by atoms with Crippen molar-refractivity contribution < 1.29 is 18.7 Å². The van der Waals surface area contributed by atoms with Crippen molar-refractivity contribution >= 4 is 17.6 Å². The van der Waals surface area contributed by atoms with Crippen molar-refractivity contribution in [3.05, 3.63) is 28.0 Å². The van der Waals surface area contributed by atoms with Gasteiger partial charge < -0.3 is 10.8 Å². The van der Waals surface area contributed by atoms with Crippen LogP contribution in [0.25, 0.3) is 0 Å². The number of nitrogens with zero attached hydrogens (tertiary/aromatic N) is 1. The summed E-state index contributed by atoms with van der Waals surface area (Å²) < 4.78 is 25.5. The van der Waals surface area contributed by atoms with Gasteiger partial charge in [0, 0.05) is 18.3 Å². The van der Waals surface area contributed by atoms with E-state index in [1.165, 1.54) is 0 Å². The highest BCUT2D eigenvalue weighted by molar-refractivity contribution is 6.31. The molecule has 16 heavy (non-hydrogen) atoms. The molecule has 1 rings (SSSR count). The predicted octanol–water partition coefficient (Wildman–Crippen LogP) is 1.76. The molecule has 0 spiro atoms. The van der Waals surface area contributed by atoms with Crippen LogP contribution in [0.2, 0.25) is 5.02 Å². The van der Waals surface area contributed by atoms with E-state index in [0.29, 0.717) is 0 Å². The summed E-state index contributed by atoms with van der Waals surface area (Å²) >= 11 is 5.66. The average molecular weight is 251 g/mol. The lowest BCUT2D eigenvalue weighted by atomic mass is 10.0. The Morgan fingerprint density at radius 1 is 1.62 bits per heavy atom. The molecular weight excluding hydrogens is 242 g/mol. The van der Waals surface area contributed by atoms with Crippen molar-refractivity contribution in [2.75, 3.05) is 0 Å². The van der Waals surface area contributed by atoms with Gasteiger partial charge in [0.05, 0.1) is 17.1 Å². The second-order valence-electron chi connectivity index (χ2n) is 3.02. The van der Waals surface area contributed by atoms with Crippen molar-refractivity contribution in [3.63, 3.8) is 0 Å². The summed E-state index contributed by atoms with van der Waals surface area (Å²) in [6, 6.07) is 0. The number of pyridine rings is 1. The van der Waals surface area contributed by atoms with E-state index < -0.39 is 24.4 Å². The highest BCUT2D eigenvalue weighted by Gasteiger charge is 2.22. The third kappa shape index (κ3) is 2.65. The molecule has 0 aromatic carbocycles. The number of aliphatic carboxylic acids is 1. The van der Waals surface area contributed by atoms with Crippen LogP contribution in [0.5, 0.6) is 0 Å². The maximum absolute atomic E-state index is 12.8. The minimum absolute atomic E-state index is 0.0203. The SMILES string of the molecule is NCc1c(Cl)cnc(CC(=O)O)c1C(F)F. The number of alkyl halides is 2. The van der Waals surface area contributed by atoms with E-state index in [0.717, 1.165) is 6.20 Å². The van der Waals surface area contributed by atoms with Gasteiger partial charge in [0.1, 0.15) is 0 Å². The Kier molecular flexibility index (Phi) is 4.14. The summed E-state index contributed by atoms with van der Waals surface area (Å²) in [5.74, 6) is -1.24. The van der Waals surface area contributed by atoms with Crippen molar-refractivity contribution in [1.82, 2.24) is 4.98 Å². The number of carboxylic acids is 1. The van der Waals surface area contributed by atoms with Gasteiger partial charge in [0.15, 0.2) is 0 Å². The zero-order valence-corrected chi connectivity index (χ0v) is 8.84. The normalized spacial score (nSPS) is 10.8. The van der Waals surface area contributed by atoms with E-state index in [1.807, 2.05) is 0 Å². The molecule has 0 fully saturated rings. The fourth-order valence-corrected chi connectivity index (χ4v) is 1.56. The third-order valence-corrected chi connectivity index (χ3v) is 2.32. The molecule has 1 aromatic heterocycles. The minimum Gasteiger partial charge on any atom is -0.481 e. The minimum atomic E-state index is -2.85. The number of nitrogens with two attached hydrogens (primary N) is 1. The van der Waals surface area contributed by atoms with E-state index in [1.54, 1.807) is 0 Å². The number of hydrogen-bond acceptors (Lipinski definition) is 3. The molecule has 0 saturated heterocycles. The topological polar surface area (TPSA) is 76.2 Å². The molecule has 88 valence electrons. The predicted molar refractivity (Wildman–Crippen MR) is 53.4 cm³/mol. The van der Waals surface area contributed by atoms with Gasteiger partial charge in [0.2, 0.25) is 0 Å². The molecule has 3 N–H and O–H groups in total. The standard InChI is InChI=1S/C9H9ClF2N2O2/c10-5-3-14-6(1-7(15)16)8(9(11)12)4(5)2-13/h3,9H,1-2,13H2,(H,15,16). The molecule has 0 radical (unpaired) electrons. The van der Waals surface area contributed by atoms with Crippen LogP contribution in [-0.2, 0) is 17.8 Å². The number of aromatic nitrogens is 1. The second-order valence-corrected chi connectivity index (χ2v) is 3.43. The fourth-order valence-electron chi connectivity index (χ4n) is 1.33. The Hall–Kier alpha value is -1.27. The average Bonchev–Trinajstić information content (AvgIpc) is 2.18. The number of rotatable bonds is 4. The van der Waals surface area contributed by atoms with Crippen LogP contribution in [0.1, 0.15) is 23.2 Å². The van der Waals surface area contributed by atoms with Gasteiger partial charge in [0.25, 0.3) is 6.43 Å². The van der Waals surface area contributed by atoms with Gasteiger partial charge in [-0.15, -0.1) is 0 Å². The highest BCUT2D eigenvalue weighted by atomic mass is 35.5. The van der Waals surface area contributed by atoms with Crippen LogP contribution in [0.4, 0.5) is 8.78 Å². The van der Waals surface area contributed by atoms with Crippen molar-refractivity contribution in [3.8, 4) is 0 Å². The van der Waals surface area contributed by atoms with Gasteiger partial charge in [-0.2, -0.15) is 0 Å². The first-order valence-electron chi connectivity index (χ1n) is 4.33. The quantitative estimate of drug-likeness (QED) is 0.854. The monoisotopic (exact) mass is 250 g/mol. The van der Waals surface area contributed by atoms with Crippen molar-refractivity contribution in [2.45, 2.75) is 19.4 Å². The molecule has 0 atom stereocenters. The van der Waals surface area contributed by atoms with Crippen LogP contribution in [0.15, 0.2) is 6.20 Å². The second kappa shape index (κ2) is 5.18. The Labute approximate surface area is 95.0 Å². The van der Waals surface area contributed by atoms with Crippen molar-refractivity contribution in [2.24, 2.45) is 5.73 Å².